The van der Waals surface area contributed by atoms with Crippen LogP contribution in [0.1, 0.15) is 0 Å². The monoisotopic (exact) mass is 238 g/mol. The number of carbonyl (C=O) groups is 1. The van der Waals surface area contributed by atoms with Crippen molar-refractivity contribution in [2.75, 3.05) is 0 Å². The van der Waals surface area contributed by atoms with E-state index >= 15 is 0 Å². The van der Waals surface area contributed by atoms with Gasteiger partial charge >= 0.3 is 5.97 Å². The molecule has 0 bridgehead atoms. The summed E-state index contributed by atoms with van der Waals surface area (Å²) >= 11 is 0. The van der Waals surface area contributed by atoms with E-state index in [1.165, 1.54) is 6.07 Å². The van der Waals surface area contributed by atoms with Gasteiger partial charge in [0.05, 0.1) is 0 Å². The van der Waals surface area contributed by atoms with Crippen molar-refractivity contribution in [3.05, 3.63) is 61.2 Å². The molecule has 0 aliphatic rings. The van der Waals surface area contributed by atoms with E-state index in [4.69, 9.17) is 9.84 Å². The fourth-order valence-electron chi connectivity index (χ4n) is 1.41. The smallest absolute Gasteiger partial charge is 0.335 e. The largest absolute Gasteiger partial charge is 0.501 e. The van der Waals surface area contributed by atoms with Crippen LogP contribution in [0.4, 0.5) is 0 Å². The number of hydrogen-bond acceptors (Lipinski definition) is 3. The van der Waals surface area contributed by atoms with Crippen LogP contribution in [0.3, 0.4) is 0 Å². The van der Waals surface area contributed by atoms with E-state index in [1.54, 1.807) is 30.3 Å². The summed E-state index contributed by atoms with van der Waals surface area (Å²) in [5.41, 5.74) is 1.69. The van der Waals surface area contributed by atoms with Gasteiger partial charge in [0.2, 0.25) is 0 Å². The fourth-order valence-corrected chi connectivity index (χ4v) is 1.41. The van der Waals surface area contributed by atoms with E-state index < -0.39 is 5.97 Å². The quantitative estimate of drug-likeness (QED) is 0.508. The van der Waals surface area contributed by atoms with Gasteiger partial charge in [0.25, 0.3) is 0 Å². The lowest BCUT2D eigenvalue weighted by Gasteiger charge is -2.02. The predicted molar refractivity (Wildman–Crippen MR) is 67.0 cm³/mol. The average molecular weight is 238 g/mol. The van der Waals surface area contributed by atoms with Crippen molar-refractivity contribution < 1.29 is 14.6 Å². The van der Waals surface area contributed by atoms with Crippen molar-refractivity contribution >= 4 is 5.97 Å². The lowest BCUT2D eigenvalue weighted by atomic mass is 10.1. The van der Waals surface area contributed by atoms with Crippen LogP contribution in [-0.4, -0.2) is 11.1 Å². The zero-order chi connectivity index (χ0) is 13.0. The Kier molecular flexibility index (Phi) is 3.31. The van der Waals surface area contributed by atoms with Crippen LogP contribution in [0.15, 0.2) is 49.1 Å². The Balaban J connectivity index is 2.19. The number of ether oxygens (including phenoxy) is 1. The van der Waals surface area contributed by atoms with Gasteiger partial charge in [0, 0.05) is 11.6 Å². The van der Waals surface area contributed by atoms with Crippen molar-refractivity contribution in [1.82, 2.24) is 0 Å². The zero-order valence-electron chi connectivity index (χ0n) is 9.51. The molecule has 0 saturated heterocycles. The van der Waals surface area contributed by atoms with Gasteiger partial charge in [-0.15, -0.1) is 0 Å². The molecule has 0 fully saturated rings. The van der Waals surface area contributed by atoms with Crippen LogP contribution in [0.2, 0.25) is 0 Å². The van der Waals surface area contributed by atoms with Gasteiger partial charge in [-0.1, -0.05) is 24.8 Å². The van der Waals surface area contributed by atoms with Crippen molar-refractivity contribution in [3.8, 4) is 22.6 Å². The van der Waals surface area contributed by atoms with Gasteiger partial charge < -0.3 is 9.84 Å². The highest BCUT2D eigenvalue weighted by Crippen LogP contribution is 2.21. The molecule has 0 atom stereocenters. The highest BCUT2D eigenvalue weighted by atomic mass is 16.5. The third-order valence-electron chi connectivity index (χ3n) is 2.28. The van der Waals surface area contributed by atoms with Crippen molar-refractivity contribution in [3.63, 3.8) is 0 Å². The lowest BCUT2D eigenvalue weighted by molar-refractivity contribution is -0.128. The molecule has 1 N–H and O–H groups in total. The Morgan fingerprint density at radius 3 is 2.44 bits per heavy atom. The van der Waals surface area contributed by atoms with E-state index in [9.17, 15) is 4.79 Å². The van der Waals surface area contributed by atoms with Gasteiger partial charge in [-0.25, -0.2) is 4.79 Å². The summed E-state index contributed by atoms with van der Waals surface area (Å²) in [5.74, 6) is 0.00831. The molecule has 0 aliphatic heterocycles. The van der Waals surface area contributed by atoms with Gasteiger partial charge in [-0.3, -0.25) is 0 Å². The summed E-state index contributed by atoms with van der Waals surface area (Å²) in [6.45, 7) is 3.32. The Morgan fingerprint density at radius 2 is 1.89 bits per heavy atom. The van der Waals surface area contributed by atoms with E-state index in [1.807, 2.05) is 0 Å². The molecule has 2 aromatic carbocycles. The first kappa shape index (κ1) is 11.7. The maximum absolute atomic E-state index is 11.0. The second-order valence-corrected chi connectivity index (χ2v) is 3.53. The van der Waals surface area contributed by atoms with Crippen molar-refractivity contribution in [2.24, 2.45) is 0 Å². The first-order chi connectivity index (χ1) is 8.69. The molecule has 2 rings (SSSR count). The molecule has 0 radical (unpaired) electrons. The Labute approximate surface area is 105 Å². The number of carbonyl (C=O) groups excluding carboxylic acids is 1. The van der Waals surface area contributed by atoms with Crippen LogP contribution in [-0.2, 0) is 4.79 Å². The molecule has 0 aromatic heterocycles. The molecule has 0 saturated carbocycles. The lowest BCUT2D eigenvalue weighted by Crippen LogP contribution is -2.02. The second kappa shape index (κ2) is 5.07. The van der Waals surface area contributed by atoms with Gasteiger partial charge in [0.1, 0.15) is 5.75 Å². The Hall–Kier alpha value is -2.73. The number of rotatable bonds is 3. The van der Waals surface area contributed by atoms with E-state index in [2.05, 4.69) is 18.7 Å². The fraction of sp³-hybridized carbons (Fsp3) is 0. The topological polar surface area (TPSA) is 46.5 Å². The summed E-state index contributed by atoms with van der Waals surface area (Å²) < 4.78 is 4.96. The molecule has 88 valence electrons. The maximum Gasteiger partial charge on any atom is 0.335 e. The Bertz CT molecular complexity index is 553. The van der Waals surface area contributed by atoms with Crippen molar-refractivity contribution in [1.29, 1.82) is 0 Å². The van der Waals surface area contributed by atoms with Crippen LogP contribution in [0.25, 0.3) is 11.1 Å². The minimum Gasteiger partial charge on any atom is -0.501 e. The van der Waals surface area contributed by atoms with Gasteiger partial charge in [-0.2, -0.15) is 0 Å². The molecule has 0 heterocycles. The summed E-state index contributed by atoms with van der Waals surface area (Å²) in [6.07, 6.45) is 1.11. The molecule has 0 amide bonds. The number of aromatic hydroxyl groups is 1. The summed E-state index contributed by atoms with van der Waals surface area (Å²) in [7, 11) is 0. The predicted octanol–water partition coefficient (Wildman–Crippen LogP) is 2.75. The van der Waals surface area contributed by atoms with Crippen molar-refractivity contribution in [2.45, 2.75) is 0 Å². The highest BCUT2D eigenvalue weighted by molar-refractivity contribution is 5.83. The third-order valence-corrected chi connectivity index (χ3v) is 2.28. The molecular weight excluding hydrogens is 228 g/mol. The van der Waals surface area contributed by atoms with E-state index in [0.29, 0.717) is 5.75 Å². The van der Waals surface area contributed by atoms with E-state index in [-0.39, 0.29) is 5.75 Å². The van der Waals surface area contributed by atoms with Gasteiger partial charge in [-0.05, 0) is 35.9 Å². The highest BCUT2D eigenvalue weighted by Gasteiger charge is 2.01. The van der Waals surface area contributed by atoms with Gasteiger partial charge in [0.15, 0.2) is 5.75 Å². The molecular formula is C15H10O3. The summed E-state index contributed by atoms with van der Waals surface area (Å²) in [6, 6.07) is 15.6. The second-order valence-electron chi connectivity index (χ2n) is 3.53. The van der Waals surface area contributed by atoms with Crippen LogP contribution in [0, 0.1) is 12.1 Å². The third kappa shape index (κ3) is 2.69. The molecule has 2 aromatic rings. The first-order valence-corrected chi connectivity index (χ1v) is 5.26. The van der Waals surface area contributed by atoms with Crippen LogP contribution in [0.5, 0.6) is 11.5 Å². The molecule has 0 unspecified atom stereocenters. The molecule has 3 heteroatoms. The minimum atomic E-state index is -0.493. The normalized spacial score (nSPS) is 9.33. The zero-order valence-corrected chi connectivity index (χ0v) is 9.51. The SMILES string of the molecule is C=CC(=O)Oc1ccc(-c2c#cc(O)cc2)cc1. The average Bonchev–Trinajstić information content (AvgIpc) is 2.40. The summed E-state index contributed by atoms with van der Waals surface area (Å²) in [5, 5.41) is 9.12. The Morgan fingerprint density at radius 1 is 1.17 bits per heavy atom. The molecule has 3 nitrogen and oxygen atoms in total. The number of esters is 1. The number of benzene rings is 1. The number of hydrogen-bond donors (Lipinski definition) is 1. The molecule has 18 heavy (non-hydrogen) atoms. The summed E-state index contributed by atoms with van der Waals surface area (Å²) in [4.78, 5) is 11.0. The van der Waals surface area contributed by atoms with Crippen LogP contribution >= 0.6 is 0 Å². The van der Waals surface area contributed by atoms with Crippen LogP contribution < -0.4 is 4.74 Å². The standard InChI is InChI=1S/C15H10O3/c1-2-15(17)18-14-9-5-12(6-10-14)11-3-7-13(16)8-4-11/h2-3,5-7,9-10,16H,1H2. The first-order valence-electron chi connectivity index (χ1n) is 5.26. The minimum absolute atomic E-state index is 0.0512. The molecule has 0 spiro atoms. The molecule has 0 aliphatic carbocycles. The van der Waals surface area contributed by atoms with E-state index in [0.717, 1.165) is 17.2 Å². The maximum atomic E-state index is 11.0.